The average Bonchev–Trinajstić information content (AvgIpc) is 0.634. The normalized spacial score (nSPS) is 20.3. The molecule has 3 unspecified atom stereocenters. The van der Waals surface area contributed by atoms with Crippen molar-refractivity contribution in [3.05, 3.63) is 394 Å². The number of rotatable bonds is 36. The van der Waals surface area contributed by atoms with Crippen LogP contribution in [0.4, 0.5) is 0 Å². The van der Waals surface area contributed by atoms with Crippen LogP contribution in [-0.4, -0.2) is 100 Å². The van der Waals surface area contributed by atoms with Gasteiger partial charge in [0.2, 0.25) is 0 Å². The molecule has 117 heavy (non-hydrogen) atoms. The molecular weight excluding hydrogens is 1470 g/mol. The van der Waals surface area contributed by atoms with Crippen LogP contribution in [0.1, 0.15) is 121 Å². The summed E-state index contributed by atoms with van der Waals surface area (Å²) < 4.78 is 39.6. The first-order chi connectivity index (χ1) is 56.9. The summed E-state index contributed by atoms with van der Waals surface area (Å²) in [6.07, 6.45) is -4.04. The van der Waals surface area contributed by atoms with Crippen LogP contribution in [0.25, 0.3) is 0 Å². The molecule has 0 bridgehead atoms. The number of carbonyl (C=O) groups excluding carboxylic acids is 3. The Morgan fingerprint density at radius 3 is 0.615 bits per heavy atom. The minimum atomic E-state index is -3.67. The molecule has 0 saturated heterocycles. The van der Waals surface area contributed by atoms with Gasteiger partial charge in [0.05, 0.1) is 34.8 Å². The first-order valence-corrected chi connectivity index (χ1v) is 39.7. The SMILES string of the molecule is CCC(NC(=O)c1cccc(OCc2ccccc2)c1OCc1ccccc1)C1(O)C(O)(Cc2ccccc2)C(O)(C(CC)NC(=O)c2cccc(OCc3ccccc3)c2OCc2ccccc2)C(O)(Cc2ccccc2)C(O)(C(CC)NC(=O)c2cccc(OCc3ccccc3)c2OCc2ccccc2)C1(O)Cc1ccccc1. The number of amides is 3. The number of aliphatic hydroxyl groups is 6. The zero-order valence-corrected chi connectivity index (χ0v) is 65.8. The van der Waals surface area contributed by atoms with Crippen molar-refractivity contribution in [1.82, 2.24) is 16.0 Å². The standard InChI is InChI=1S/C99H99N3O15/c1-4-85(100-91(103)79-55-34-58-82(112-64-73-43-22-10-23-44-73)88(79)115-67-76-49-28-13-29-50-76)97(109)94(106,61-70-37-16-7-17-38-70)98(110,86(5-2)101-92(104)80-56-35-59-83(113-65-74-45-24-11-25-46-74)89(80)116-68-77-51-30-14-31-52-77)96(108,63-72-41-20-9-21-42-72)99(111,95(97,107)62-71-39-18-8-19-40-71)87(6-3)102-93(105)81-57-36-60-84(114-66-75-47-26-12-27-48-75)90(81)117-69-78-53-32-15-33-54-78/h7-60,85-87,106-111H,4-6,61-69H2,1-3H3,(H,100,103)(H,101,104)(H,102,105). The minimum absolute atomic E-state index is 0.0320. The molecular formula is C99H99N3O15. The molecule has 18 nitrogen and oxygen atoms in total. The van der Waals surface area contributed by atoms with E-state index >= 15 is 45.0 Å². The van der Waals surface area contributed by atoms with Gasteiger partial charge in [-0.05, 0) is 106 Å². The molecule has 18 heteroatoms. The van der Waals surface area contributed by atoms with Gasteiger partial charge in [0, 0.05) is 19.3 Å². The fourth-order valence-corrected chi connectivity index (χ4v) is 16.6. The number of nitrogens with one attached hydrogen (secondary N) is 3. The second-order valence-electron chi connectivity index (χ2n) is 29.7. The second kappa shape index (κ2) is 37.5. The zero-order chi connectivity index (χ0) is 81.9. The fraction of sp³-hybridized carbons (Fsp3) is 0.242. The lowest BCUT2D eigenvalue weighted by Gasteiger charge is -2.76. The Bertz CT molecular complexity index is 4680. The van der Waals surface area contributed by atoms with Gasteiger partial charge >= 0.3 is 0 Å². The summed E-state index contributed by atoms with van der Waals surface area (Å²) in [4.78, 5) is 49.4. The van der Waals surface area contributed by atoms with Crippen LogP contribution in [0.2, 0.25) is 0 Å². The molecule has 1 aliphatic rings. The van der Waals surface area contributed by atoms with Crippen LogP contribution in [0, 0.1) is 0 Å². The summed E-state index contributed by atoms with van der Waals surface area (Å²) in [5, 5.41) is 105. The summed E-state index contributed by atoms with van der Waals surface area (Å²) in [6.45, 7) is 4.68. The molecule has 1 aliphatic carbocycles. The number of benzene rings is 12. The van der Waals surface area contributed by atoms with E-state index in [0.29, 0.717) is 0 Å². The van der Waals surface area contributed by atoms with E-state index in [9.17, 15) is 0 Å². The molecule has 0 spiro atoms. The van der Waals surface area contributed by atoms with Crippen molar-refractivity contribution in [2.75, 3.05) is 0 Å². The van der Waals surface area contributed by atoms with E-state index in [1.165, 1.54) is 18.2 Å². The summed E-state index contributed by atoms with van der Waals surface area (Å²) in [5.41, 5.74) is -17.0. The maximum atomic E-state index is 16.5. The maximum absolute atomic E-state index is 16.5. The molecule has 600 valence electrons. The Balaban J connectivity index is 1.06. The molecule has 0 heterocycles. The lowest BCUT2D eigenvalue weighted by atomic mass is 9.37. The van der Waals surface area contributed by atoms with E-state index in [0.717, 1.165) is 33.4 Å². The summed E-state index contributed by atoms with van der Waals surface area (Å²) in [5.74, 6) is -2.53. The van der Waals surface area contributed by atoms with Crippen molar-refractivity contribution in [3.63, 3.8) is 0 Å². The van der Waals surface area contributed by atoms with E-state index in [2.05, 4.69) is 16.0 Å². The Morgan fingerprint density at radius 2 is 0.427 bits per heavy atom. The van der Waals surface area contributed by atoms with Crippen molar-refractivity contribution in [1.29, 1.82) is 0 Å². The molecule has 3 amide bonds. The molecule has 9 N–H and O–H groups in total. The van der Waals surface area contributed by atoms with Crippen LogP contribution >= 0.6 is 0 Å². The molecule has 12 aromatic carbocycles. The highest BCUT2D eigenvalue weighted by Crippen LogP contribution is 2.65. The lowest BCUT2D eigenvalue weighted by Crippen LogP contribution is -3.02. The highest BCUT2D eigenvalue weighted by molar-refractivity contribution is 6.00. The smallest absolute Gasteiger partial charge is 0.255 e. The van der Waals surface area contributed by atoms with Crippen molar-refractivity contribution in [2.45, 2.75) is 151 Å². The first kappa shape index (κ1) is 82.6. The quantitative estimate of drug-likeness (QED) is 0.0177. The van der Waals surface area contributed by atoms with Gasteiger partial charge in [0.1, 0.15) is 73.2 Å². The number of carbonyl (C=O) groups is 3. The van der Waals surface area contributed by atoms with Gasteiger partial charge in [0.25, 0.3) is 17.7 Å². The third kappa shape index (κ3) is 17.3. The molecule has 3 atom stereocenters. The Labute approximate surface area is 682 Å². The van der Waals surface area contributed by atoms with Crippen LogP contribution in [0.5, 0.6) is 34.5 Å². The summed E-state index contributed by atoms with van der Waals surface area (Å²) in [6, 6.07) is 88.8. The Hall–Kier alpha value is -12.4. The molecule has 0 radical (unpaired) electrons. The van der Waals surface area contributed by atoms with Crippen LogP contribution in [0.15, 0.2) is 328 Å². The monoisotopic (exact) mass is 1570 g/mol. The number of hydrogen-bond acceptors (Lipinski definition) is 15. The fourth-order valence-electron chi connectivity index (χ4n) is 16.6. The van der Waals surface area contributed by atoms with Crippen molar-refractivity contribution in [3.8, 4) is 34.5 Å². The van der Waals surface area contributed by atoms with Gasteiger partial charge in [0.15, 0.2) is 34.5 Å². The van der Waals surface area contributed by atoms with Crippen LogP contribution < -0.4 is 44.4 Å². The van der Waals surface area contributed by atoms with Crippen molar-refractivity contribution in [2.24, 2.45) is 0 Å². The second-order valence-corrected chi connectivity index (χ2v) is 29.7. The van der Waals surface area contributed by atoms with Gasteiger partial charge in [-0.15, -0.1) is 0 Å². The number of ether oxygens (including phenoxy) is 6. The van der Waals surface area contributed by atoms with Crippen molar-refractivity contribution < 1.29 is 73.4 Å². The molecule has 13 rings (SSSR count). The maximum Gasteiger partial charge on any atom is 0.255 e. The highest BCUT2D eigenvalue weighted by atomic mass is 16.5. The van der Waals surface area contributed by atoms with Gasteiger partial charge in [-0.1, -0.05) is 312 Å². The number of para-hydroxylation sites is 3. The summed E-state index contributed by atoms with van der Waals surface area (Å²) in [7, 11) is 0. The van der Waals surface area contributed by atoms with E-state index in [4.69, 9.17) is 28.4 Å². The largest absolute Gasteiger partial charge is 0.485 e. The van der Waals surface area contributed by atoms with E-state index in [-0.39, 0.29) is 108 Å². The minimum Gasteiger partial charge on any atom is -0.485 e. The summed E-state index contributed by atoms with van der Waals surface area (Å²) >= 11 is 0. The van der Waals surface area contributed by atoms with E-state index in [1.54, 1.807) is 148 Å². The van der Waals surface area contributed by atoms with Crippen LogP contribution in [0.3, 0.4) is 0 Å². The average molecular weight is 1570 g/mol. The molecule has 1 fully saturated rings. The lowest BCUT2D eigenvalue weighted by molar-refractivity contribution is -0.450. The predicted octanol–water partition coefficient (Wildman–Crippen LogP) is 15.2. The Kier molecular flexibility index (Phi) is 26.5. The molecule has 0 aromatic heterocycles. The zero-order valence-electron chi connectivity index (χ0n) is 65.8. The van der Waals surface area contributed by atoms with Gasteiger partial charge in [-0.2, -0.15) is 0 Å². The molecule has 1 saturated carbocycles. The first-order valence-electron chi connectivity index (χ1n) is 39.7. The number of hydrogen-bond donors (Lipinski definition) is 9. The topological polar surface area (TPSA) is 264 Å². The van der Waals surface area contributed by atoms with E-state index < -0.39 is 108 Å². The van der Waals surface area contributed by atoms with Crippen molar-refractivity contribution >= 4 is 17.7 Å². The molecule has 12 aromatic rings. The van der Waals surface area contributed by atoms with Crippen LogP contribution in [-0.2, 0) is 58.9 Å². The highest BCUT2D eigenvalue weighted by Gasteiger charge is 2.91. The predicted molar refractivity (Wildman–Crippen MR) is 449 cm³/mol. The third-order valence-corrected chi connectivity index (χ3v) is 22.4. The molecule has 0 aliphatic heterocycles. The third-order valence-electron chi connectivity index (χ3n) is 22.4. The van der Waals surface area contributed by atoms with E-state index in [1.807, 2.05) is 182 Å². The Morgan fingerprint density at radius 1 is 0.248 bits per heavy atom. The van der Waals surface area contributed by atoms with Gasteiger partial charge < -0.3 is 75.0 Å². The van der Waals surface area contributed by atoms with Gasteiger partial charge in [-0.25, -0.2) is 0 Å². The van der Waals surface area contributed by atoms with Gasteiger partial charge in [-0.3, -0.25) is 14.4 Å².